The molecule has 4 aliphatic rings. The number of likely N-dealkylation sites (tertiary alicyclic amines) is 2. The number of rotatable bonds is 8. The first kappa shape index (κ1) is 35.2. The standard InChI is InChI=1S/C21H33NO.C20H32N2O/c1-16(2)23-21-7-5-4-6-20(21)18-12-14-22(15-13-18)19-10-8-17(3)9-11-19;1-15(2)23-20-6-4-3-5-19(20)16-11-13-22(14-12-16)18-9-7-17(21)8-10-18/h4-7,16-19H,8-15H2,1-3H3;3-6,15-18H,7-14,21H2,1-2H3. The lowest BCUT2D eigenvalue weighted by Gasteiger charge is -2.40. The fraction of sp³-hybridized carbons (Fsp3) is 0.707. The van der Waals surface area contributed by atoms with Crippen LogP contribution in [0.25, 0.3) is 0 Å². The smallest absolute Gasteiger partial charge is 0.123 e. The molecule has 4 fully saturated rings. The van der Waals surface area contributed by atoms with Crippen LogP contribution in [0.3, 0.4) is 0 Å². The van der Waals surface area contributed by atoms with Crippen molar-refractivity contribution in [2.75, 3.05) is 26.2 Å². The lowest BCUT2D eigenvalue weighted by molar-refractivity contribution is 0.109. The van der Waals surface area contributed by atoms with E-state index in [-0.39, 0.29) is 12.2 Å². The van der Waals surface area contributed by atoms with Gasteiger partial charge in [0.2, 0.25) is 0 Å². The number of para-hydroxylation sites is 2. The molecule has 6 rings (SSSR count). The van der Waals surface area contributed by atoms with Gasteiger partial charge in [0.25, 0.3) is 0 Å². The first-order valence-electron chi connectivity index (χ1n) is 19.0. The monoisotopic (exact) mass is 632 g/mol. The summed E-state index contributed by atoms with van der Waals surface area (Å²) in [5.41, 5.74) is 8.89. The largest absolute Gasteiger partial charge is 0.491 e. The summed E-state index contributed by atoms with van der Waals surface area (Å²) >= 11 is 0. The zero-order chi connectivity index (χ0) is 32.5. The van der Waals surface area contributed by atoms with Gasteiger partial charge in [-0.1, -0.05) is 43.3 Å². The van der Waals surface area contributed by atoms with Gasteiger partial charge in [0.05, 0.1) is 12.2 Å². The maximum Gasteiger partial charge on any atom is 0.123 e. The van der Waals surface area contributed by atoms with Crippen LogP contribution in [0.15, 0.2) is 48.5 Å². The van der Waals surface area contributed by atoms with Crippen LogP contribution >= 0.6 is 0 Å². The summed E-state index contributed by atoms with van der Waals surface area (Å²) in [6.07, 6.45) is 16.2. The van der Waals surface area contributed by atoms with Crippen molar-refractivity contribution in [2.24, 2.45) is 11.7 Å². The molecule has 2 aromatic rings. The first-order chi connectivity index (χ1) is 22.3. The van der Waals surface area contributed by atoms with Crippen LogP contribution in [0.2, 0.25) is 0 Å². The molecule has 0 aromatic heterocycles. The molecule has 0 bridgehead atoms. The Bertz CT molecular complexity index is 1060. The van der Waals surface area contributed by atoms with E-state index < -0.39 is 0 Å². The van der Waals surface area contributed by atoms with E-state index in [0.29, 0.717) is 17.9 Å². The third kappa shape index (κ3) is 9.97. The Labute approximate surface area is 281 Å². The van der Waals surface area contributed by atoms with Crippen molar-refractivity contribution in [3.8, 4) is 11.5 Å². The van der Waals surface area contributed by atoms with Gasteiger partial charge in [-0.2, -0.15) is 0 Å². The fourth-order valence-corrected chi connectivity index (χ4v) is 8.58. The summed E-state index contributed by atoms with van der Waals surface area (Å²) < 4.78 is 12.1. The predicted molar refractivity (Wildman–Crippen MR) is 193 cm³/mol. The molecular weight excluding hydrogens is 566 g/mol. The maximum atomic E-state index is 6.05. The highest BCUT2D eigenvalue weighted by atomic mass is 16.5. The van der Waals surface area contributed by atoms with Gasteiger partial charge in [0, 0.05) is 18.1 Å². The van der Waals surface area contributed by atoms with Crippen molar-refractivity contribution in [1.29, 1.82) is 0 Å². The van der Waals surface area contributed by atoms with Gasteiger partial charge in [0.1, 0.15) is 11.5 Å². The van der Waals surface area contributed by atoms with Crippen molar-refractivity contribution >= 4 is 0 Å². The SMILES string of the molecule is CC(C)Oc1ccccc1C1CCN(C2CCC(N)CC2)CC1.CC1CCC(N2CCC(c3ccccc3OC(C)C)CC2)CC1. The van der Waals surface area contributed by atoms with E-state index in [1.54, 1.807) is 0 Å². The van der Waals surface area contributed by atoms with E-state index in [2.05, 4.69) is 92.9 Å². The third-order valence-corrected chi connectivity index (χ3v) is 11.3. The number of piperidine rings is 2. The molecule has 2 aliphatic heterocycles. The van der Waals surface area contributed by atoms with Gasteiger partial charge in [0.15, 0.2) is 0 Å². The van der Waals surface area contributed by atoms with Gasteiger partial charge < -0.3 is 25.0 Å². The first-order valence-corrected chi connectivity index (χ1v) is 19.0. The average Bonchev–Trinajstić information content (AvgIpc) is 3.06. The molecule has 0 radical (unpaired) electrons. The highest BCUT2D eigenvalue weighted by molar-refractivity contribution is 5.37. The van der Waals surface area contributed by atoms with E-state index in [9.17, 15) is 0 Å². The number of nitrogens with two attached hydrogens (primary N) is 1. The molecule has 0 atom stereocenters. The highest BCUT2D eigenvalue weighted by Gasteiger charge is 2.31. The van der Waals surface area contributed by atoms with Crippen molar-refractivity contribution in [3.05, 3.63) is 59.7 Å². The van der Waals surface area contributed by atoms with Gasteiger partial charge >= 0.3 is 0 Å². The summed E-state index contributed by atoms with van der Waals surface area (Å²) in [5.74, 6) is 4.46. The Morgan fingerprint density at radius 2 is 0.913 bits per heavy atom. The van der Waals surface area contributed by atoms with Crippen molar-refractivity contribution in [1.82, 2.24) is 9.80 Å². The predicted octanol–water partition coefficient (Wildman–Crippen LogP) is 9.16. The number of hydrogen-bond acceptors (Lipinski definition) is 5. The van der Waals surface area contributed by atoms with Crippen LogP contribution in [-0.4, -0.2) is 66.3 Å². The van der Waals surface area contributed by atoms with E-state index in [4.69, 9.17) is 15.2 Å². The molecule has 2 saturated heterocycles. The molecule has 2 heterocycles. The van der Waals surface area contributed by atoms with Gasteiger partial charge in [-0.05, 0) is 172 Å². The summed E-state index contributed by atoms with van der Waals surface area (Å²) in [6, 6.07) is 19.4. The van der Waals surface area contributed by atoms with Crippen molar-refractivity contribution in [2.45, 2.75) is 154 Å². The van der Waals surface area contributed by atoms with Gasteiger partial charge in [-0.15, -0.1) is 0 Å². The molecule has 2 N–H and O–H groups in total. The summed E-state index contributed by atoms with van der Waals surface area (Å²) in [4.78, 5) is 5.49. The molecule has 256 valence electrons. The Balaban J connectivity index is 0.000000181. The molecule has 5 heteroatoms. The van der Waals surface area contributed by atoms with E-state index in [1.807, 2.05) is 0 Å². The molecule has 5 nitrogen and oxygen atoms in total. The normalized spacial score (nSPS) is 27.3. The summed E-state index contributed by atoms with van der Waals surface area (Å²) in [7, 11) is 0. The number of nitrogens with zero attached hydrogens (tertiary/aromatic N) is 2. The fourth-order valence-electron chi connectivity index (χ4n) is 8.58. The lowest BCUT2D eigenvalue weighted by Crippen LogP contribution is -2.44. The second-order valence-corrected chi connectivity index (χ2v) is 15.5. The zero-order valence-electron chi connectivity index (χ0n) is 29.8. The van der Waals surface area contributed by atoms with Gasteiger partial charge in [-0.3, -0.25) is 0 Å². The van der Waals surface area contributed by atoms with Crippen LogP contribution in [0.5, 0.6) is 11.5 Å². The third-order valence-electron chi connectivity index (χ3n) is 11.3. The van der Waals surface area contributed by atoms with E-state index >= 15 is 0 Å². The minimum atomic E-state index is 0.239. The van der Waals surface area contributed by atoms with Crippen LogP contribution in [0, 0.1) is 5.92 Å². The Morgan fingerprint density at radius 3 is 1.30 bits per heavy atom. The minimum Gasteiger partial charge on any atom is -0.491 e. The molecule has 46 heavy (non-hydrogen) atoms. The lowest BCUT2D eigenvalue weighted by atomic mass is 9.83. The topological polar surface area (TPSA) is 51.0 Å². The Kier molecular flexibility index (Phi) is 13.3. The van der Waals surface area contributed by atoms with Crippen molar-refractivity contribution in [3.63, 3.8) is 0 Å². The molecule has 0 amide bonds. The van der Waals surface area contributed by atoms with Crippen LogP contribution in [0.1, 0.15) is 135 Å². The molecule has 0 spiro atoms. The summed E-state index contributed by atoms with van der Waals surface area (Å²) in [5, 5.41) is 0. The second-order valence-electron chi connectivity index (χ2n) is 15.5. The van der Waals surface area contributed by atoms with Crippen molar-refractivity contribution < 1.29 is 9.47 Å². The number of ether oxygens (including phenoxy) is 2. The summed E-state index contributed by atoms with van der Waals surface area (Å²) in [6.45, 7) is 15.8. The molecular formula is C41H65N3O2. The van der Waals surface area contributed by atoms with E-state index in [0.717, 1.165) is 29.5 Å². The number of hydrogen-bond donors (Lipinski definition) is 1. The van der Waals surface area contributed by atoms with E-state index in [1.165, 1.54) is 114 Å². The number of benzene rings is 2. The minimum absolute atomic E-state index is 0.239. The maximum absolute atomic E-state index is 6.05. The second kappa shape index (κ2) is 17.4. The molecule has 2 aliphatic carbocycles. The highest BCUT2D eigenvalue weighted by Crippen LogP contribution is 2.38. The molecule has 0 unspecified atom stereocenters. The zero-order valence-corrected chi connectivity index (χ0v) is 29.8. The Hall–Kier alpha value is -2.08. The van der Waals surface area contributed by atoms with Crippen LogP contribution in [0.4, 0.5) is 0 Å². The Morgan fingerprint density at radius 1 is 0.543 bits per heavy atom. The quantitative estimate of drug-likeness (QED) is 0.315. The molecule has 2 aromatic carbocycles. The van der Waals surface area contributed by atoms with Gasteiger partial charge in [-0.25, -0.2) is 0 Å². The average molecular weight is 632 g/mol. The van der Waals surface area contributed by atoms with Crippen LogP contribution in [-0.2, 0) is 0 Å². The molecule has 2 saturated carbocycles. The van der Waals surface area contributed by atoms with Crippen LogP contribution < -0.4 is 15.2 Å².